The molecule has 0 spiro atoms. The highest BCUT2D eigenvalue weighted by Gasteiger charge is 2.50. The second-order valence-electron chi connectivity index (χ2n) is 8.46. The molecule has 1 aromatic rings. The SMILES string of the molecule is C=C[C@]1([C@@H](Cc2ccccc2)O[Si](C)(C)C(C)(C)C)COC(C(Cl)(Cl)Cl)=N1. The molecule has 0 aromatic heterocycles. The highest BCUT2D eigenvalue weighted by atomic mass is 35.6. The van der Waals surface area contributed by atoms with E-state index in [2.05, 4.69) is 57.6 Å². The van der Waals surface area contributed by atoms with Crippen molar-refractivity contribution < 1.29 is 9.16 Å². The Bertz CT molecular complexity index is 695. The smallest absolute Gasteiger partial charge is 0.266 e. The maximum absolute atomic E-state index is 6.80. The summed E-state index contributed by atoms with van der Waals surface area (Å²) in [4.78, 5) is 4.65. The molecule has 3 nitrogen and oxygen atoms in total. The second kappa shape index (κ2) is 8.07. The van der Waals surface area contributed by atoms with Crippen LogP contribution in [0.2, 0.25) is 18.1 Å². The summed E-state index contributed by atoms with van der Waals surface area (Å²) >= 11 is 18.0. The van der Waals surface area contributed by atoms with Crippen LogP contribution in [0.5, 0.6) is 0 Å². The van der Waals surface area contributed by atoms with Crippen LogP contribution in [0.1, 0.15) is 26.3 Å². The minimum Gasteiger partial charge on any atom is -0.475 e. The Morgan fingerprint density at radius 2 is 1.85 bits per heavy atom. The largest absolute Gasteiger partial charge is 0.475 e. The summed E-state index contributed by atoms with van der Waals surface area (Å²) in [7, 11) is -2.09. The van der Waals surface area contributed by atoms with Gasteiger partial charge in [-0.1, -0.05) is 92.0 Å². The molecule has 27 heavy (non-hydrogen) atoms. The van der Waals surface area contributed by atoms with Crippen molar-refractivity contribution in [3.05, 3.63) is 48.6 Å². The van der Waals surface area contributed by atoms with E-state index in [0.717, 1.165) is 5.56 Å². The minimum atomic E-state index is -2.09. The molecular formula is C20H28Cl3NO2Si. The molecule has 0 bridgehead atoms. The van der Waals surface area contributed by atoms with E-state index in [4.69, 9.17) is 44.0 Å². The Hall–Kier alpha value is -0.523. The zero-order valence-corrected chi connectivity index (χ0v) is 19.8. The molecule has 2 atom stereocenters. The minimum absolute atomic E-state index is 0.0471. The van der Waals surface area contributed by atoms with Crippen LogP contribution in [0.4, 0.5) is 0 Å². The van der Waals surface area contributed by atoms with Crippen molar-refractivity contribution in [2.75, 3.05) is 6.61 Å². The first kappa shape index (κ1) is 22.8. The van der Waals surface area contributed by atoms with E-state index < -0.39 is 17.6 Å². The van der Waals surface area contributed by atoms with Crippen LogP contribution in [0.3, 0.4) is 0 Å². The third-order valence-electron chi connectivity index (χ3n) is 5.41. The van der Waals surface area contributed by atoms with E-state index in [0.29, 0.717) is 6.42 Å². The summed E-state index contributed by atoms with van der Waals surface area (Å²) in [5.41, 5.74) is 0.352. The van der Waals surface area contributed by atoms with E-state index in [1.807, 2.05) is 18.2 Å². The fraction of sp³-hybridized carbons (Fsp3) is 0.550. The second-order valence-corrected chi connectivity index (χ2v) is 15.5. The summed E-state index contributed by atoms with van der Waals surface area (Å²) in [6, 6.07) is 10.2. The maximum Gasteiger partial charge on any atom is 0.266 e. The van der Waals surface area contributed by atoms with E-state index in [1.54, 1.807) is 6.08 Å². The number of alkyl halides is 3. The molecular weight excluding hydrogens is 421 g/mol. The Kier molecular flexibility index (Phi) is 6.81. The van der Waals surface area contributed by atoms with E-state index in [9.17, 15) is 0 Å². The fourth-order valence-electron chi connectivity index (χ4n) is 2.66. The lowest BCUT2D eigenvalue weighted by molar-refractivity contribution is 0.100. The third kappa shape index (κ3) is 5.30. The van der Waals surface area contributed by atoms with Gasteiger partial charge in [0.1, 0.15) is 12.1 Å². The molecule has 1 heterocycles. The first-order valence-corrected chi connectivity index (χ1v) is 13.0. The molecule has 0 fully saturated rings. The Morgan fingerprint density at radius 1 is 1.26 bits per heavy atom. The first-order valence-electron chi connectivity index (χ1n) is 8.96. The molecule has 1 aliphatic rings. The number of hydrogen-bond donors (Lipinski definition) is 0. The monoisotopic (exact) mass is 447 g/mol. The van der Waals surface area contributed by atoms with E-state index in [1.165, 1.54) is 0 Å². The number of ether oxygens (including phenoxy) is 1. The maximum atomic E-state index is 6.80. The van der Waals surface area contributed by atoms with Crippen molar-refractivity contribution in [2.24, 2.45) is 4.99 Å². The van der Waals surface area contributed by atoms with Crippen LogP contribution >= 0.6 is 34.8 Å². The molecule has 0 saturated heterocycles. The van der Waals surface area contributed by atoms with Gasteiger partial charge in [0.05, 0.1) is 6.10 Å². The number of halogens is 3. The average molecular weight is 449 g/mol. The summed E-state index contributed by atoms with van der Waals surface area (Å²) in [6.07, 6.45) is 2.15. The molecule has 0 amide bonds. The van der Waals surface area contributed by atoms with Crippen LogP contribution in [-0.2, 0) is 15.6 Å². The molecule has 150 valence electrons. The molecule has 0 N–H and O–H groups in total. The topological polar surface area (TPSA) is 30.8 Å². The van der Waals surface area contributed by atoms with Gasteiger partial charge < -0.3 is 9.16 Å². The van der Waals surface area contributed by atoms with Gasteiger partial charge in [-0.25, -0.2) is 4.99 Å². The molecule has 2 rings (SSSR count). The van der Waals surface area contributed by atoms with Gasteiger partial charge in [0, 0.05) is 6.42 Å². The average Bonchev–Trinajstić information content (AvgIpc) is 3.00. The predicted octanol–water partition coefficient (Wildman–Crippen LogP) is 6.34. The van der Waals surface area contributed by atoms with Crippen LogP contribution in [0.15, 0.2) is 48.0 Å². The summed E-state index contributed by atoms with van der Waals surface area (Å²) in [5.74, 6) is 0.0873. The zero-order valence-electron chi connectivity index (χ0n) is 16.6. The van der Waals surface area contributed by atoms with Crippen molar-refractivity contribution in [2.45, 2.75) is 60.8 Å². The highest BCUT2D eigenvalue weighted by Crippen LogP contribution is 2.42. The van der Waals surface area contributed by atoms with Gasteiger partial charge in [0.25, 0.3) is 3.79 Å². The van der Waals surface area contributed by atoms with Gasteiger partial charge in [-0.05, 0) is 23.7 Å². The number of rotatable bonds is 6. The van der Waals surface area contributed by atoms with Crippen molar-refractivity contribution in [1.82, 2.24) is 0 Å². The standard InChI is InChI=1S/C20H28Cl3NO2Si/c1-7-19(14-25-17(24-19)20(21,22)23)16(13-15-11-9-8-10-12-15)26-27(5,6)18(2,3)4/h7-12,16H,1,13-14H2,2-6H3/t16-,19-/m1/s1. The summed E-state index contributed by atoms with van der Waals surface area (Å²) in [6.45, 7) is 15.3. The van der Waals surface area contributed by atoms with Gasteiger partial charge >= 0.3 is 0 Å². The normalized spacial score (nSPS) is 22.1. The van der Waals surface area contributed by atoms with Crippen LogP contribution < -0.4 is 0 Å². The van der Waals surface area contributed by atoms with Gasteiger partial charge in [-0.2, -0.15) is 0 Å². The van der Waals surface area contributed by atoms with Crippen molar-refractivity contribution in [3.8, 4) is 0 Å². The molecule has 0 radical (unpaired) electrons. The Morgan fingerprint density at radius 3 is 2.30 bits per heavy atom. The van der Waals surface area contributed by atoms with E-state index >= 15 is 0 Å². The van der Waals surface area contributed by atoms with Crippen molar-refractivity contribution in [3.63, 3.8) is 0 Å². The Labute approximate surface area is 178 Å². The van der Waals surface area contributed by atoms with Gasteiger partial charge in [0.2, 0.25) is 5.90 Å². The first-order chi connectivity index (χ1) is 12.3. The van der Waals surface area contributed by atoms with Crippen LogP contribution in [0, 0.1) is 0 Å². The molecule has 0 aliphatic carbocycles. The van der Waals surface area contributed by atoms with Crippen LogP contribution in [-0.4, -0.2) is 36.3 Å². The predicted molar refractivity (Wildman–Crippen MR) is 119 cm³/mol. The highest BCUT2D eigenvalue weighted by molar-refractivity contribution is 6.76. The number of aliphatic imine (C=N–C) groups is 1. The quantitative estimate of drug-likeness (QED) is 0.288. The number of nitrogens with zero attached hydrogens (tertiary/aromatic N) is 1. The zero-order chi connectivity index (χ0) is 20.5. The lowest BCUT2D eigenvalue weighted by Crippen LogP contribution is -2.52. The Balaban J connectivity index is 2.45. The van der Waals surface area contributed by atoms with E-state index in [-0.39, 0.29) is 23.6 Å². The third-order valence-corrected chi connectivity index (χ3v) is 10.4. The number of hydrogen-bond acceptors (Lipinski definition) is 3. The van der Waals surface area contributed by atoms with Crippen molar-refractivity contribution >= 4 is 49.0 Å². The molecule has 1 aliphatic heterocycles. The van der Waals surface area contributed by atoms with Gasteiger partial charge in [0.15, 0.2) is 8.32 Å². The summed E-state index contributed by atoms with van der Waals surface area (Å²) in [5, 5.41) is 0.0471. The molecule has 0 unspecified atom stereocenters. The lowest BCUT2D eigenvalue weighted by atomic mass is 9.90. The van der Waals surface area contributed by atoms with Gasteiger partial charge in [-0.3, -0.25) is 0 Å². The van der Waals surface area contributed by atoms with Crippen LogP contribution in [0.25, 0.3) is 0 Å². The lowest BCUT2D eigenvalue weighted by Gasteiger charge is -2.43. The van der Waals surface area contributed by atoms with Crippen molar-refractivity contribution in [1.29, 1.82) is 0 Å². The molecule has 1 aromatic carbocycles. The summed E-state index contributed by atoms with van der Waals surface area (Å²) < 4.78 is 10.7. The fourth-order valence-corrected chi connectivity index (χ4v) is 4.31. The van der Waals surface area contributed by atoms with Gasteiger partial charge in [-0.15, -0.1) is 6.58 Å². The molecule has 0 saturated carbocycles. The molecule has 7 heteroatoms. The number of benzene rings is 1.